The second-order valence-electron chi connectivity index (χ2n) is 13.6. The van der Waals surface area contributed by atoms with Crippen LogP contribution in [0.1, 0.15) is 189 Å². The zero-order chi connectivity index (χ0) is 30.0. The van der Waals surface area contributed by atoms with Gasteiger partial charge in [0.05, 0.1) is 0 Å². The van der Waals surface area contributed by atoms with Crippen LogP contribution < -0.4 is 0 Å². The molecule has 2 nitrogen and oxygen atoms in total. The van der Waals surface area contributed by atoms with Crippen LogP contribution in [0.25, 0.3) is 0 Å². The molecule has 0 unspecified atom stereocenters. The van der Waals surface area contributed by atoms with Gasteiger partial charge in [-0.1, -0.05) is 120 Å². The Hall–Kier alpha value is -2.22. The van der Waals surface area contributed by atoms with Crippen molar-refractivity contribution in [2.24, 2.45) is 9.98 Å². The lowest BCUT2D eigenvalue weighted by Gasteiger charge is -2.20. The molecule has 0 spiro atoms. The minimum absolute atomic E-state index is 0.500. The van der Waals surface area contributed by atoms with Gasteiger partial charge in [-0.3, -0.25) is 9.98 Å². The maximum absolute atomic E-state index is 4.89. The van der Waals surface area contributed by atoms with Gasteiger partial charge in [0.15, 0.2) is 0 Å². The summed E-state index contributed by atoms with van der Waals surface area (Å²) in [5.41, 5.74) is 11.4. The largest absolute Gasteiger partial charge is 0.293 e. The van der Waals surface area contributed by atoms with Crippen LogP contribution >= 0.6 is 0 Å². The van der Waals surface area contributed by atoms with Crippen molar-refractivity contribution in [1.29, 1.82) is 0 Å². The first kappa shape index (κ1) is 34.0. The third kappa shape index (κ3) is 9.71. The number of hydrogen-bond donors (Lipinski definition) is 0. The van der Waals surface area contributed by atoms with E-state index in [1.54, 1.807) is 0 Å². The van der Waals surface area contributed by atoms with Crippen molar-refractivity contribution < 1.29 is 0 Å². The molecule has 40 heavy (non-hydrogen) atoms. The smallest absolute Gasteiger partial charge is 0.0389 e. The molecule has 2 rings (SSSR count). The summed E-state index contributed by atoms with van der Waals surface area (Å²) in [7, 11) is 0. The van der Waals surface area contributed by atoms with Crippen LogP contribution in [-0.4, -0.2) is 25.5 Å². The fourth-order valence-electron chi connectivity index (χ4n) is 5.39. The molecule has 0 aliphatic heterocycles. The molecule has 0 radical (unpaired) electrons. The number of benzene rings is 2. The number of hydrogen-bond acceptors (Lipinski definition) is 2. The number of unbranched alkanes of at least 4 members (excludes halogenated alkanes) is 3. The Bertz CT molecular complexity index is 965. The summed E-state index contributed by atoms with van der Waals surface area (Å²) >= 11 is 0. The Labute approximate surface area is 248 Å². The van der Waals surface area contributed by atoms with Gasteiger partial charge < -0.3 is 0 Å². The number of aliphatic imine (C=N–C) groups is 2. The van der Waals surface area contributed by atoms with Crippen LogP contribution in [-0.2, 0) is 0 Å². The lowest BCUT2D eigenvalue weighted by molar-refractivity contribution is 0.655. The fourth-order valence-corrected chi connectivity index (χ4v) is 5.39. The number of nitrogens with zero attached hydrogens (tertiary/aromatic N) is 2. The third-order valence-electron chi connectivity index (χ3n) is 8.12. The molecule has 0 saturated heterocycles. The van der Waals surface area contributed by atoms with Gasteiger partial charge in [0, 0.05) is 25.5 Å². The predicted octanol–water partition coefficient (Wildman–Crippen LogP) is 11.5. The maximum atomic E-state index is 4.89. The van der Waals surface area contributed by atoms with Crippen LogP contribution in [0.15, 0.2) is 34.3 Å². The van der Waals surface area contributed by atoms with E-state index in [-0.39, 0.29) is 0 Å². The van der Waals surface area contributed by atoms with Gasteiger partial charge in [-0.2, -0.15) is 0 Å². The first-order chi connectivity index (χ1) is 18.8. The fraction of sp³-hybridized carbons (Fsp3) is 0.632. The Kier molecular flexibility index (Phi) is 13.8. The highest BCUT2D eigenvalue weighted by atomic mass is 14.7. The van der Waals surface area contributed by atoms with Crippen LogP contribution in [0.2, 0.25) is 0 Å². The first-order valence-electron chi connectivity index (χ1n) is 16.2. The quantitative estimate of drug-likeness (QED) is 0.157. The van der Waals surface area contributed by atoms with Crippen LogP contribution in [0.4, 0.5) is 0 Å². The van der Waals surface area contributed by atoms with E-state index in [0.717, 1.165) is 25.9 Å². The Balaban J connectivity index is 1.94. The molecule has 0 aliphatic carbocycles. The molecule has 0 amide bonds. The van der Waals surface area contributed by atoms with Gasteiger partial charge >= 0.3 is 0 Å². The van der Waals surface area contributed by atoms with E-state index in [0.29, 0.717) is 35.5 Å². The van der Waals surface area contributed by atoms with E-state index >= 15 is 0 Å². The van der Waals surface area contributed by atoms with Crippen LogP contribution in [0.3, 0.4) is 0 Å². The first-order valence-corrected chi connectivity index (χ1v) is 16.2. The minimum atomic E-state index is 0.500. The van der Waals surface area contributed by atoms with E-state index in [2.05, 4.69) is 120 Å². The standard InChI is InChI=1S/C38H60N2/c1-25(2)31-19-33(27(5)6)37(34(20-31)28(7)8)23-39-17-15-13-14-16-18-40-24-38-35(29(9)10)21-32(26(3)4)22-36(38)30(11)12/h19-30H,13-18H2,1-12H3. The number of rotatable bonds is 15. The lowest BCUT2D eigenvalue weighted by Crippen LogP contribution is -2.06. The average Bonchev–Trinajstić information content (AvgIpc) is 2.88. The molecule has 2 aromatic carbocycles. The summed E-state index contributed by atoms with van der Waals surface area (Å²) in [6, 6.07) is 9.65. The molecule has 0 N–H and O–H groups in total. The van der Waals surface area contributed by atoms with Gasteiger partial charge in [-0.15, -0.1) is 0 Å². The zero-order valence-corrected chi connectivity index (χ0v) is 28.1. The van der Waals surface area contributed by atoms with E-state index in [1.807, 2.05) is 0 Å². The van der Waals surface area contributed by atoms with E-state index < -0.39 is 0 Å². The third-order valence-corrected chi connectivity index (χ3v) is 8.12. The highest BCUT2D eigenvalue weighted by Gasteiger charge is 2.17. The molecule has 0 saturated carbocycles. The van der Waals surface area contributed by atoms with Gasteiger partial charge in [0.1, 0.15) is 0 Å². The van der Waals surface area contributed by atoms with Crippen molar-refractivity contribution in [3.63, 3.8) is 0 Å². The molecule has 2 heteroatoms. The van der Waals surface area contributed by atoms with Gasteiger partial charge in [0.2, 0.25) is 0 Å². The topological polar surface area (TPSA) is 24.7 Å². The lowest BCUT2D eigenvalue weighted by atomic mass is 9.85. The SMILES string of the molecule is CC(C)c1cc(C(C)C)c(C=NCCCCCCN=Cc2c(C(C)C)cc(C(C)C)cc2C(C)C)c(C(C)C)c1. The second kappa shape index (κ2) is 16.3. The molecule has 0 bridgehead atoms. The van der Waals surface area contributed by atoms with Crippen molar-refractivity contribution in [3.8, 4) is 0 Å². The highest BCUT2D eigenvalue weighted by Crippen LogP contribution is 2.32. The molecule has 0 atom stereocenters. The molecular formula is C38H60N2. The summed E-state index contributed by atoms with van der Waals surface area (Å²) in [4.78, 5) is 9.79. The van der Waals surface area contributed by atoms with E-state index in [4.69, 9.17) is 9.98 Å². The molecule has 0 fully saturated rings. The molecule has 0 heterocycles. The molecule has 222 valence electrons. The van der Waals surface area contributed by atoms with Crippen molar-refractivity contribution in [1.82, 2.24) is 0 Å². The van der Waals surface area contributed by atoms with Crippen molar-refractivity contribution in [2.45, 2.75) is 144 Å². The minimum Gasteiger partial charge on any atom is -0.293 e. The Morgan fingerprint density at radius 2 is 0.700 bits per heavy atom. The monoisotopic (exact) mass is 544 g/mol. The van der Waals surface area contributed by atoms with Crippen LogP contribution in [0.5, 0.6) is 0 Å². The second-order valence-corrected chi connectivity index (χ2v) is 13.6. The summed E-state index contributed by atoms with van der Waals surface area (Å²) in [5.74, 6) is 3.09. The normalized spacial score (nSPS) is 12.8. The molecule has 0 aliphatic rings. The van der Waals surface area contributed by atoms with Crippen molar-refractivity contribution >= 4 is 12.4 Å². The summed E-state index contributed by atoms with van der Waals surface area (Å²) in [5, 5.41) is 0. The molecule has 0 aromatic heterocycles. The highest BCUT2D eigenvalue weighted by molar-refractivity contribution is 5.85. The predicted molar refractivity (Wildman–Crippen MR) is 181 cm³/mol. The summed E-state index contributed by atoms with van der Waals surface area (Å²) in [6.07, 6.45) is 9.05. The molecular weight excluding hydrogens is 484 g/mol. The molecule has 2 aromatic rings. The Morgan fingerprint density at radius 3 is 0.925 bits per heavy atom. The van der Waals surface area contributed by atoms with Gasteiger partial charge in [-0.25, -0.2) is 0 Å². The maximum Gasteiger partial charge on any atom is 0.0389 e. The van der Waals surface area contributed by atoms with Crippen LogP contribution in [0, 0.1) is 0 Å². The van der Waals surface area contributed by atoms with Gasteiger partial charge in [-0.05, 0) is 92.9 Å². The average molecular weight is 545 g/mol. The van der Waals surface area contributed by atoms with Crippen molar-refractivity contribution in [3.05, 3.63) is 68.8 Å². The zero-order valence-electron chi connectivity index (χ0n) is 28.1. The summed E-state index contributed by atoms with van der Waals surface area (Å²) in [6.45, 7) is 29.4. The van der Waals surface area contributed by atoms with E-state index in [9.17, 15) is 0 Å². The van der Waals surface area contributed by atoms with E-state index in [1.165, 1.54) is 57.3 Å². The Morgan fingerprint density at radius 1 is 0.425 bits per heavy atom. The summed E-state index contributed by atoms with van der Waals surface area (Å²) < 4.78 is 0. The van der Waals surface area contributed by atoms with Crippen molar-refractivity contribution in [2.75, 3.05) is 13.1 Å². The van der Waals surface area contributed by atoms with Gasteiger partial charge in [0.25, 0.3) is 0 Å².